The lowest BCUT2D eigenvalue weighted by atomic mass is 10.4. The van der Waals surface area contributed by atoms with E-state index >= 15 is 0 Å². The molecule has 6 nitrogen and oxygen atoms in total. The highest BCUT2D eigenvalue weighted by Crippen LogP contribution is 2.10. The van der Waals surface area contributed by atoms with Crippen molar-refractivity contribution < 1.29 is 0 Å². The Morgan fingerprint density at radius 1 is 1.36 bits per heavy atom. The number of hydrogen-bond acceptors (Lipinski definition) is 5. The van der Waals surface area contributed by atoms with Gasteiger partial charge in [-0.3, -0.25) is 0 Å². The fourth-order valence-electron chi connectivity index (χ4n) is 1.05. The van der Waals surface area contributed by atoms with E-state index < -0.39 is 0 Å². The summed E-state index contributed by atoms with van der Waals surface area (Å²) in [6.45, 7) is 0.600. The highest BCUT2D eigenvalue weighted by Gasteiger charge is 2.00. The largest absolute Gasteiger partial charge is 0.381 e. The zero-order valence-corrected chi connectivity index (χ0v) is 7.44. The standard InChI is InChI=1S/C8H10N6/c9-7-8(12-2-1-11-7)13-4-6-3-10-5-14-6/h1-3,5H,4H2,(H2,9,11)(H,10,14)(H,12,13). The van der Waals surface area contributed by atoms with E-state index in [1.165, 1.54) is 0 Å². The summed E-state index contributed by atoms with van der Waals surface area (Å²) in [6.07, 6.45) is 6.50. The van der Waals surface area contributed by atoms with Gasteiger partial charge in [-0.25, -0.2) is 15.0 Å². The van der Waals surface area contributed by atoms with Gasteiger partial charge in [-0.2, -0.15) is 0 Å². The molecule has 0 aliphatic carbocycles. The smallest absolute Gasteiger partial charge is 0.169 e. The van der Waals surface area contributed by atoms with Crippen molar-refractivity contribution in [3.05, 3.63) is 30.6 Å². The lowest BCUT2D eigenvalue weighted by Gasteiger charge is -2.04. The first-order valence-electron chi connectivity index (χ1n) is 4.14. The van der Waals surface area contributed by atoms with Crippen LogP contribution in [0.25, 0.3) is 0 Å². The highest BCUT2D eigenvalue weighted by atomic mass is 15.1. The molecule has 2 aromatic heterocycles. The van der Waals surface area contributed by atoms with Crippen molar-refractivity contribution in [3.8, 4) is 0 Å². The summed E-state index contributed by atoms with van der Waals surface area (Å²) in [5, 5.41) is 3.05. The SMILES string of the molecule is Nc1nccnc1NCc1cnc[nH]1. The molecule has 72 valence electrons. The summed E-state index contributed by atoms with van der Waals surface area (Å²) in [7, 11) is 0. The number of aromatic amines is 1. The summed E-state index contributed by atoms with van der Waals surface area (Å²) >= 11 is 0. The molecule has 0 unspecified atom stereocenters. The molecule has 0 spiro atoms. The Morgan fingerprint density at radius 2 is 2.21 bits per heavy atom. The fraction of sp³-hybridized carbons (Fsp3) is 0.125. The molecular formula is C8H10N6. The van der Waals surface area contributed by atoms with Crippen LogP contribution in [0, 0.1) is 0 Å². The number of H-pyrrole nitrogens is 1. The average molecular weight is 190 g/mol. The second-order valence-electron chi connectivity index (χ2n) is 2.72. The van der Waals surface area contributed by atoms with Crippen LogP contribution in [-0.4, -0.2) is 19.9 Å². The van der Waals surface area contributed by atoms with Crippen LogP contribution >= 0.6 is 0 Å². The van der Waals surface area contributed by atoms with Crippen LogP contribution in [0.1, 0.15) is 5.69 Å². The van der Waals surface area contributed by atoms with Crippen LogP contribution in [0.5, 0.6) is 0 Å². The van der Waals surface area contributed by atoms with Gasteiger partial charge in [0.15, 0.2) is 11.6 Å². The minimum atomic E-state index is 0.395. The van der Waals surface area contributed by atoms with Crippen molar-refractivity contribution in [2.75, 3.05) is 11.1 Å². The number of nitrogens with one attached hydrogen (secondary N) is 2. The van der Waals surface area contributed by atoms with Gasteiger partial charge in [0.05, 0.1) is 18.6 Å². The van der Waals surface area contributed by atoms with E-state index in [1.54, 1.807) is 24.9 Å². The van der Waals surface area contributed by atoms with E-state index in [1.807, 2.05) is 0 Å². The summed E-state index contributed by atoms with van der Waals surface area (Å²) in [5.74, 6) is 0.981. The molecule has 4 N–H and O–H groups in total. The van der Waals surface area contributed by atoms with Crippen molar-refractivity contribution in [3.63, 3.8) is 0 Å². The fourth-order valence-corrected chi connectivity index (χ4v) is 1.05. The van der Waals surface area contributed by atoms with Crippen molar-refractivity contribution in [1.82, 2.24) is 19.9 Å². The highest BCUT2D eigenvalue weighted by molar-refractivity contribution is 5.54. The van der Waals surface area contributed by atoms with E-state index in [9.17, 15) is 0 Å². The number of nitrogen functional groups attached to an aromatic ring is 1. The lowest BCUT2D eigenvalue weighted by molar-refractivity contribution is 1.04. The van der Waals surface area contributed by atoms with Gasteiger partial charge in [0.1, 0.15) is 0 Å². The van der Waals surface area contributed by atoms with Gasteiger partial charge < -0.3 is 16.0 Å². The summed E-state index contributed by atoms with van der Waals surface area (Å²) in [6, 6.07) is 0. The van der Waals surface area contributed by atoms with Crippen LogP contribution in [0.3, 0.4) is 0 Å². The van der Waals surface area contributed by atoms with Crippen LogP contribution in [-0.2, 0) is 6.54 Å². The van der Waals surface area contributed by atoms with Crippen LogP contribution in [0.4, 0.5) is 11.6 Å². The third-order valence-corrected chi connectivity index (χ3v) is 1.73. The Bertz CT molecular complexity index is 396. The molecule has 14 heavy (non-hydrogen) atoms. The predicted octanol–water partition coefficient (Wildman–Crippen LogP) is 0.394. The third kappa shape index (κ3) is 1.79. The van der Waals surface area contributed by atoms with E-state index in [4.69, 9.17) is 5.73 Å². The summed E-state index contributed by atoms with van der Waals surface area (Å²) in [5.41, 5.74) is 6.57. The molecule has 0 bridgehead atoms. The maximum Gasteiger partial charge on any atom is 0.169 e. The van der Waals surface area contributed by atoms with Gasteiger partial charge in [0.25, 0.3) is 0 Å². The second-order valence-corrected chi connectivity index (χ2v) is 2.72. The molecule has 0 saturated carbocycles. The number of imidazole rings is 1. The molecule has 0 aliphatic rings. The van der Waals surface area contributed by atoms with Gasteiger partial charge in [-0.1, -0.05) is 0 Å². The quantitative estimate of drug-likeness (QED) is 0.651. The molecule has 2 rings (SSSR count). The Balaban J connectivity index is 2.02. The summed E-state index contributed by atoms with van der Waals surface area (Å²) < 4.78 is 0. The molecule has 0 amide bonds. The van der Waals surface area contributed by atoms with Crippen LogP contribution in [0.15, 0.2) is 24.9 Å². The number of hydrogen-bond donors (Lipinski definition) is 3. The zero-order chi connectivity index (χ0) is 9.80. The first-order chi connectivity index (χ1) is 6.86. The molecule has 0 radical (unpaired) electrons. The molecule has 0 saturated heterocycles. The number of nitrogens with two attached hydrogens (primary N) is 1. The number of nitrogens with zero attached hydrogens (tertiary/aromatic N) is 3. The second kappa shape index (κ2) is 3.73. The van der Waals surface area contributed by atoms with Gasteiger partial charge in [0, 0.05) is 18.6 Å². The first-order valence-corrected chi connectivity index (χ1v) is 4.14. The zero-order valence-electron chi connectivity index (χ0n) is 7.44. The Morgan fingerprint density at radius 3 is 2.93 bits per heavy atom. The summed E-state index contributed by atoms with van der Waals surface area (Å²) in [4.78, 5) is 14.8. The van der Waals surface area contributed by atoms with Crippen LogP contribution < -0.4 is 11.1 Å². The minimum absolute atomic E-state index is 0.395. The Hall–Kier alpha value is -2.11. The van der Waals surface area contributed by atoms with Gasteiger partial charge >= 0.3 is 0 Å². The Labute approximate surface area is 80.6 Å². The Kier molecular flexibility index (Phi) is 2.26. The van der Waals surface area contributed by atoms with Crippen molar-refractivity contribution in [2.24, 2.45) is 0 Å². The van der Waals surface area contributed by atoms with Crippen molar-refractivity contribution in [2.45, 2.75) is 6.54 Å². The van der Waals surface area contributed by atoms with E-state index in [-0.39, 0.29) is 0 Å². The van der Waals surface area contributed by atoms with Gasteiger partial charge in [0.2, 0.25) is 0 Å². The van der Waals surface area contributed by atoms with Crippen molar-refractivity contribution in [1.29, 1.82) is 0 Å². The van der Waals surface area contributed by atoms with E-state index in [2.05, 4.69) is 25.3 Å². The number of anilines is 2. The lowest BCUT2D eigenvalue weighted by Crippen LogP contribution is -2.05. The topological polar surface area (TPSA) is 92.5 Å². The predicted molar refractivity (Wildman–Crippen MR) is 52.4 cm³/mol. The monoisotopic (exact) mass is 190 g/mol. The van der Waals surface area contributed by atoms with Gasteiger partial charge in [-0.05, 0) is 0 Å². The van der Waals surface area contributed by atoms with Crippen LogP contribution in [0.2, 0.25) is 0 Å². The minimum Gasteiger partial charge on any atom is -0.381 e. The third-order valence-electron chi connectivity index (χ3n) is 1.73. The van der Waals surface area contributed by atoms with E-state index in [0.717, 1.165) is 5.69 Å². The van der Waals surface area contributed by atoms with Crippen molar-refractivity contribution >= 4 is 11.6 Å². The van der Waals surface area contributed by atoms with E-state index in [0.29, 0.717) is 18.2 Å². The number of rotatable bonds is 3. The molecule has 0 atom stereocenters. The maximum atomic E-state index is 5.60. The average Bonchev–Trinajstić information content (AvgIpc) is 2.69. The molecule has 2 aromatic rings. The molecule has 0 aromatic carbocycles. The molecule has 2 heterocycles. The molecule has 0 aliphatic heterocycles. The molecule has 0 fully saturated rings. The first kappa shape index (κ1) is 8.49. The molecular weight excluding hydrogens is 180 g/mol. The van der Waals surface area contributed by atoms with Gasteiger partial charge in [-0.15, -0.1) is 0 Å². The number of aromatic nitrogens is 4. The maximum absolute atomic E-state index is 5.60. The molecule has 6 heteroatoms. The normalized spacial score (nSPS) is 10.0.